The number of hydrogen-bond donors (Lipinski definition) is 1. The summed E-state index contributed by atoms with van der Waals surface area (Å²) in [5, 5.41) is 2.97. The minimum absolute atomic E-state index is 0.0471. The summed E-state index contributed by atoms with van der Waals surface area (Å²) in [5.74, 6) is 0.0991. The van der Waals surface area contributed by atoms with Crippen molar-refractivity contribution in [3.8, 4) is 0 Å². The summed E-state index contributed by atoms with van der Waals surface area (Å²) in [4.78, 5) is 11.3. The van der Waals surface area contributed by atoms with Gasteiger partial charge >= 0.3 is 0 Å². The largest absolute Gasteiger partial charge is 0.381 e. The van der Waals surface area contributed by atoms with Crippen molar-refractivity contribution in [2.24, 2.45) is 0 Å². The van der Waals surface area contributed by atoms with Crippen LogP contribution in [0.1, 0.15) is 26.2 Å². The van der Waals surface area contributed by atoms with E-state index >= 15 is 0 Å². The molecule has 1 N–H and O–H groups in total. The van der Waals surface area contributed by atoms with Gasteiger partial charge in [0.1, 0.15) is 0 Å². The van der Waals surface area contributed by atoms with Gasteiger partial charge in [0.05, 0.1) is 10.9 Å². The summed E-state index contributed by atoms with van der Waals surface area (Å²) in [6, 6.07) is 0.323. The Hall–Kier alpha value is -0.0900. The number of amides is 1. The molecule has 76 valence electrons. The molecule has 0 aromatic carbocycles. The molecule has 1 aliphatic carbocycles. The number of carbonyl (C=O) groups is 1. The quantitative estimate of drug-likeness (QED) is 0.767. The van der Waals surface area contributed by atoms with Crippen LogP contribution in [0.25, 0.3) is 0 Å². The molecule has 3 nitrogen and oxygen atoms in total. The lowest BCUT2D eigenvalue weighted by molar-refractivity contribution is -0.122. The van der Waals surface area contributed by atoms with Gasteiger partial charge in [-0.3, -0.25) is 4.79 Å². The first-order chi connectivity index (χ1) is 6.17. The third-order valence-corrected chi connectivity index (χ3v) is 3.48. The molecule has 1 saturated carbocycles. The number of methoxy groups -OCH3 is 1. The highest BCUT2D eigenvalue weighted by Crippen LogP contribution is 2.22. The number of ether oxygens (including phenoxy) is 1. The number of alkyl halides is 1. The molecular formula is C9H16BrNO2. The summed E-state index contributed by atoms with van der Waals surface area (Å²) in [7, 11) is 1.71. The van der Waals surface area contributed by atoms with Crippen LogP contribution in [-0.2, 0) is 9.53 Å². The number of hydrogen-bond acceptors (Lipinski definition) is 2. The first-order valence-corrected chi connectivity index (χ1v) is 5.56. The van der Waals surface area contributed by atoms with E-state index in [0.717, 1.165) is 19.3 Å². The van der Waals surface area contributed by atoms with Crippen molar-refractivity contribution in [3.05, 3.63) is 0 Å². The fourth-order valence-corrected chi connectivity index (χ4v) is 1.49. The van der Waals surface area contributed by atoms with Gasteiger partial charge in [-0.25, -0.2) is 0 Å². The maximum atomic E-state index is 11.4. The Kier molecular flexibility index (Phi) is 4.19. The molecule has 0 radical (unpaired) electrons. The van der Waals surface area contributed by atoms with Crippen molar-refractivity contribution in [1.29, 1.82) is 0 Å². The predicted molar refractivity (Wildman–Crippen MR) is 55.0 cm³/mol. The van der Waals surface area contributed by atoms with Crippen molar-refractivity contribution in [2.75, 3.05) is 7.11 Å². The van der Waals surface area contributed by atoms with Crippen molar-refractivity contribution in [3.63, 3.8) is 0 Å². The molecule has 1 atom stereocenters. The van der Waals surface area contributed by atoms with E-state index in [2.05, 4.69) is 21.2 Å². The van der Waals surface area contributed by atoms with E-state index in [4.69, 9.17) is 4.74 Å². The molecule has 13 heavy (non-hydrogen) atoms. The average molecular weight is 250 g/mol. The van der Waals surface area contributed by atoms with Crippen LogP contribution in [-0.4, -0.2) is 30.0 Å². The number of carbonyl (C=O) groups excluding carboxylic acids is 1. The third-order valence-electron chi connectivity index (χ3n) is 2.42. The molecule has 1 aliphatic rings. The van der Waals surface area contributed by atoms with Gasteiger partial charge in [-0.2, -0.15) is 0 Å². The Labute approximate surface area is 87.3 Å². The lowest BCUT2D eigenvalue weighted by atomic mass is 9.89. The Morgan fingerprint density at radius 1 is 1.69 bits per heavy atom. The van der Waals surface area contributed by atoms with E-state index in [9.17, 15) is 4.79 Å². The van der Waals surface area contributed by atoms with Crippen LogP contribution in [0.4, 0.5) is 0 Å². The molecule has 0 aliphatic heterocycles. The molecule has 4 heteroatoms. The van der Waals surface area contributed by atoms with E-state index in [1.807, 2.05) is 6.92 Å². The van der Waals surface area contributed by atoms with Crippen LogP contribution in [0.2, 0.25) is 0 Å². The second-order valence-electron chi connectivity index (χ2n) is 3.41. The Bertz CT molecular complexity index is 180. The molecule has 0 aromatic rings. The molecule has 0 saturated heterocycles. The zero-order valence-corrected chi connectivity index (χ0v) is 9.63. The first-order valence-electron chi connectivity index (χ1n) is 4.64. The number of rotatable bonds is 4. The van der Waals surface area contributed by atoms with E-state index < -0.39 is 0 Å². The van der Waals surface area contributed by atoms with Gasteiger partial charge in [0.15, 0.2) is 0 Å². The average Bonchev–Trinajstić information content (AvgIpc) is 2.08. The zero-order chi connectivity index (χ0) is 9.84. The number of halogens is 1. The second-order valence-corrected chi connectivity index (χ2v) is 4.52. The van der Waals surface area contributed by atoms with E-state index in [1.165, 1.54) is 0 Å². The highest BCUT2D eigenvalue weighted by Gasteiger charge is 2.30. The van der Waals surface area contributed by atoms with Gasteiger partial charge in [-0.1, -0.05) is 22.9 Å². The van der Waals surface area contributed by atoms with Crippen LogP contribution in [0.5, 0.6) is 0 Å². The van der Waals surface area contributed by atoms with Crippen LogP contribution in [0, 0.1) is 0 Å². The van der Waals surface area contributed by atoms with Crippen molar-refractivity contribution in [2.45, 2.75) is 43.2 Å². The molecule has 1 unspecified atom stereocenters. The molecule has 0 bridgehead atoms. The minimum Gasteiger partial charge on any atom is -0.381 e. The van der Waals surface area contributed by atoms with Crippen molar-refractivity contribution in [1.82, 2.24) is 5.32 Å². The monoisotopic (exact) mass is 249 g/mol. The fourth-order valence-electron chi connectivity index (χ4n) is 1.35. The third kappa shape index (κ3) is 2.95. The van der Waals surface area contributed by atoms with Crippen LogP contribution in [0.15, 0.2) is 0 Å². The summed E-state index contributed by atoms with van der Waals surface area (Å²) < 4.78 is 5.12. The maximum absolute atomic E-state index is 11.4. The van der Waals surface area contributed by atoms with Crippen LogP contribution >= 0.6 is 15.9 Å². The molecular weight excluding hydrogens is 234 g/mol. The molecule has 0 heterocycles. The van der Waals surface area contributed by atoms with Gasteiger partial charge in [0.25, 0.3) is 0 Å². The van der Waals surface area contributed by atoms with Gasteiger partial charge in [0, 0.05) is 13.2 Å². The predicted octanol–water partition coefficient (Wildman–Crippen LogP) is 1.45. The summed E-state index contributed by atoms with van der Waals surface area (Å²) >= 11 is 3.31. The zero-order valence-electron chi connectivity index (χ0n) is 8.05. The highest BCUT2D eigenvalue weighted by molar-refractivity contribution is 9.10. The van der Waals surface area contributed by atoms with Crippen molar-refractivity contribution >= 4 is 21.8 Å². The summed E-state index contributed by atoms with van der Waals surface area (Å²) in [6.45, 7) is 1.98. The molecule has 1 rings (SSSR count). The Morgan fingerprint density at radius 3 is 2.77 bits per heavy atom. The standard InChI is InChI=1S/C9H16BrNO2/c1-3-8(10)9(12)11-6-4-7(5-6)13-2/h6-8H,3-5H2,1-2H3,(H,11,12). The smallest absolute Gasteiger partial charge is 0.233 e. The van der Waals surface area contributed by atoms with Gasteiger partial charge < -0.3 is 10.1 Å². The van der Waals surface area contributed by atoms with Crippen LogP contribution in [0.3, 0.4) is 0 Å². The molecule has 1 fully saturated rings. The van der Waals surface area contributed by atoms with E-state index in [-0.39, 0.29) is 10.7 Å². The SMILES string of the molecule is CCC(Br)C(=O)NC1CC(OC)C1. The first kappa shape index (κ1) is 11.0. The van der Waals surface area contributed by atoms with Gasteiger partial charge in [0.2, 0.25) is 5.91 Å². The minimum atomic E-state index is -0.0471. The van der Waals surface area contributed by atoms with E-state index in [1.54, 1.807) is 7.11 Å². The molecule has 1 amide bonds. The number of nitrogens with one attached hydrogen (secondary N) is 1. The Morgan fingerprint density at radius 2 is 2.31 bits per heavy atom. The maximum Gasteiger partial charge on any atom is 0.233 e. The topological polar surface area (TPSA) is 38.3 Å². The molecule has 0 spiro atoms. The summed E-state index contributed by atoms with van der Waals surface area (Å²) in [6.07, 6.45) is 3.07. The van der Waals surface area contributed by atoms with Crippen molar-refractivity contribution < 1.29 is 9.53 Å². The summed E-state index contributed by atoms with van der Waals surface area (Å²) in [5.41, 5.74) is 0. The van der Waals surface area contributed by atoms with E-state index in [0.29, 0.717) is 12.1 Å². The van der Waals surface area contributed by atoms with Gasteiger partial charge in [-0.15, -0.1) is 0 Å². The lowest BCUT2D eigenvalue weighted by Crippen LogP contribution is -2.49. The normalized spacial score (nSPS) is 29.2. The second kappa shape index (κ2) is 4.96. The lowest BCUT2D eigenvalue weighted by Gasteiger charge is -2.35. The Balaban J connectivity index is 2.16. The fraction of sp³-hybridized carbons (Fsp3) is 0.889. The van der Waals surface area contributed by atoms with Gasteiger partial charge in [-0.05, 0) is 19.3 Å². The highest BCUT2D eigenvalue weighted by atomic mass is 79.9. The molecule has 0 aromatic heterocycles. The van der Waals surface area contributed by atoms with Crippen LogP contribution < -0.4 is 5.32 Å².